The Morgan fingerprint density at radius 2 is 1.96 bits per heavy atom. The van der Waals surface area contributed by atoms with Crippen molar-refractivity contribution in [3.05, 3.63) is 52.7 Å². The van der Waals surface area contributed by atoms with Crippen LogP contribution in [-0.4, -0.2) is 18.6 Å². The molecule has 0 bridgehead atoms. The first kappa shape index (κ1) is 16.0. The largest absolute Gasteiger partial charge is 0.497 e. The molecule has 0 saturated carbocycles. The SMILES string of the molecule is COc1ccc(C2CCCN2c2nc3c(cc2C#N)CCCC3)cc1. The molecule has 1 fully saturated rings. The van der Waals surface area contributed by atoms with E-state index in [0.29, 0.717) is 0 Å². The average Bonchev–Trinajstić information content (AvgIpc) is 3.16. The van der Waals surface area contributed by atoms with Crippen molar-refractivity contribution in [1.29, 1.82) is 5.26 Å². The summed E-state index contributed by atoms with van der Waals surface area (Å²) in [7, 11) is 1.69. The third-order valence-electron chi connectivity index (χ3n) is 5.43. The third-order valence-corrected chi connectivity index (χ3v) is 5.43. The Balaban J connectivity index is 1.71. The smallest absolute Gasteiger partial charge is 0.147 e. The molecular weight excluding hydrogens is 310 g/mol. The van der Waals surface area contributed by atoms with E-state index in [2.05, 4.69) is 29.2 Å². The Kier molecular flexibility index (Phi) is 4.31. The zero-order chi connectivity index (χ0) is 17.2. The number of fused-ring (bicyclic) bond motifs is 1. The number of pyridine rings is 1. The van der Waals surface area contributed by atoms with Crippen molar-refractivity contribution in [2.24, 2.45) is 0 Å². The molecule has 0 N–H and O–H groups in total. The van der Waals surface area contributed by atoms with E-state index >= 15 is 0 Å². The first-order chi connectivity index (χ1) is 12.3. The minimum absolute atomic E-state index is 0.284. The topological polar surface area (TPSA) is 49.1 Å². The maximum atomic E-state index is 9.67. The average molecular weight is 333 g/mol. The number of anilines is 1. The minimum Gasteiger partial charge on any atom is -0.497 e. The molecule has 2 aromatic rings. The summed E-state index contributed by atoms with van der Waals surface area (Å²) in [6, 6.07) is 13.0. The predicted molar refractivity (Wildman–Crippen MR) is 97.9 cm³/mol. The molecule has 4 rings (SSSR count). The molecule has 0 spiro atoms. The van der Waals surface area contributed by atoms with Crippen LogP contribution >= 0.6 is 0 Å². The molecule has 4 nitrogen and oxygen atoms in total. The fourth-order valence-electron chi connectivity index (χ4n) is 4.12. The summed E-state index contributed by atoms with van der Waals surface area (Å²) < 4.78 is 5.27. The van der Waals surface area contributed by atoms with Gasteiger partial charge in [0, 0.05) is 12.2 Å². The molecule has 1 aromatic carbocycles. The van der Waals surface area contributed by atoms with Crippen molar-refractivity contribution in [3.63, 3.8) is 0 Å². The van der Waals surface area contributed by atoms with Gasteiger partial charge in [0.05, 0.1) is 18.7 Å². The summed E-state index contributed by atoms with van der Waals surface area (Å²) in [6.07, 6.45) is 6.72. The van der Waals surface area contributed by atoms with Crippen LogP contribution in [-0.2, 0) is 12.8 Å². The Morgan fingerprint density at radius 1 is 1.16 bits per heavy atom. The number of ether oxygens (including phenoxy) is 1. The second kappa shape index (κ2) is 6.76. The van der Waals surface area contributed by atoms with E-state index in [9.17, 15) is 5.26 Å². The molecule has 0 amide bonds. The van der Waals surface area contributed by atoms with Crippen LogP contribution in [0.2, 0.25) is 0 Å². The molecule has 2 aliphatic rings. The summed E-state index contributed by atoms with van der Waals surface area (Å²) >= 11 is 0. The number of rotatable bonds is 3. The molecule has 128 valence electrons. The first-order valence-corrected chi connectivity index (χ1v) is 9.13. The van der Waals surface area contributed by atoms with Crippen LogP contribution in [0, 0.1) is 11.3 Å². The van der Waals surface area contributed by atoms with Crippen LogP contribution < -0.4 is 9.64 Å². The molecule has 1 aromatic heterocycles. The van der Waals surface area contributed by atoms with Gasteiger partial charge in [-0.15, -0.1) is 0 Å². The van der Waals surface area contributed by atoms with Crippen LogP contribution in [0.4, 0.5) is 5.82 Å². The van der Waals surface area contributed by atoms with Crippen molar-refractivity contribution in [2.45, 2.75) is 44.6 Å². The van der Waals surface area contributed by atoms with Crippen molar-refractivity contribution in [2.75, 3.05) is 18.6 Å². The summed E-state index contributed by atoms with van der Waals surface area (Å²) in [5, 5.41) is 9.67. The Labute approximate surface area is 149 Å². The maximum Gasteiger partial charge on any atom is 0.147 e. The molecule has 0 radical (unpaired) electrons. The van der Waals surface area contributed by atoms with Crippen LogP contribution in [0.25, 0.3) is 0 Å². The second-order valence-corrected chi connectivity index (χ2v) is 6.91. The van der Waals surface area contributed by atoms with E-state index in [4.69, 9.17) is 9.72 Å². The molecule has 1 aliphatic heterocycles. The number of hydrogen-bond acceptors (Lipinski definition) is 4. The van der Waals surface area contributed by atoms with Gasteiger partial charge in [0.15, 0.2) is 0 Å². The first-order valence-electron chi connectivity index (χ1n) is 9.13. The molecule has 1 unspecified atom stereocenters. The Morgan fingerprint density at radius 3 is 2.72 bits per heavy atom. The standard InChI is InChI=1S/C21H23N3O/c1-25-18-10-8-15(9-11-18)20-7-4-12-24(20)21-17(14-22)13-16-5-2-3-6-19(16)23-21/h8-11,13,20H,2-7,12H2,1H3. The lowest BCUT2D eigenvalue weighted by Crippen LogP contribution is -2.25. The van der Waals surface area contributed by atoms with Gasteiger partial charge >= 0.3 is 0 Å². The highest BCUT2D eigenvalue weighted by Gasteiger charge is 2.30. The van der Waals surface area contributed by atoms with Gasteiger partial charge in [-0.25, -0.2) is 4.98 Å². The highest BCUT2D eigenvalue weighted by Crippen LogP contribution is 2.38. The van der Waals surface area contributed by atoms with E-state index in [1.54, 1.807) is 7.11 Å². The highest BCUT2D eigenvalue weighted by molar-refractivity contribution is 5.58. The number of aromatic nitrogens is 1. The van der Waals surface area contributed by atoms with Crippen molar-refractivity contribution in [1.82, 2.24) is 4.98 Å². The van der Waals surface area contributed by atoms with Crippen LogP contribution in [0.3, 0.4) is 0 Å². The van der Waals surface area contributed by atoms with Gasteiger partial charge in [0.2, 0.25) is 0 Å². The van der Waals surface area contributed by atoms with Crippen LogP contribution in [0.5, 0.6) is 5.75 Å². The van der Waals surface area contributed by atoms with Gasteiger partial charge in [-0.05, 0) is 67.9 Å². The molecule has 2 heterocycles. The maximum absolute atomic E-state index is 9.67. The molecule has 1 saturated heterocycles. The van der Waals surface area contributed by atoms with E-state index < -0.39 is 0 Å². The van der Waals surface area contributed by atoms with Crippen molar-refractivity contribution >= 4 is 5.82 Å². The number of nitriles is 1. The van der Waals surface area contributed by atoms with Gasteiger partial charge in [-0.3, -0.25) is 0 Å². The third kappa shape index (κ3) is 2.95. The lowest BCUT2D eigenvalue weighted by Gasteiger charge is -2.28. The summed E-state index contributed by atoms with van der Waals surface area (Å²) in [6.45, 7) is 0.956. The van der Waals surface area contributed by atoms with E-state index in [0.717, 1.165) is 49.4 Å². The summed E-state index contributed by atoms with van der Waals surface area (Å²) in [5.41, 5.74) is 4.45. The van der Waals surface area contributed by atoms with Crippen molar-refractivity contribution < 1.29 is 4.74 Å². The van der Waals surface area contributed by atoms with Crippen molar-refractivity contribution in [3.8, 4) is 11.8 Å². The Bertz CT molecular complexity index is 807. The molecule has 1 atom stereocenters. The number of aryl methyl sites for hydroxylation is 2. The highest BCUT2D eigenvalue weighted by atomic mass is 16.5. The number of nitrogens with zero attached hydrogens (tertiary/aromatic N) is 3. The normalized spacial score (nSPS) is 19.4. The molecular formula is C21H23N3O. The van der Waals surface area contributed by atoms with Gasteiger partial charge in [0.1, 0.15) is 17.6 Å². The Hall–Kier alpha value is -2.54. The zero-order valence-electron chi connectivity index (χ0n) is 14.7. The van der Waals surface area contributed by atoms with Crippen LogP contribution in [0.1, 0.15) is 54.1 Å². The fourth-order valence-corrected chi connectivity index (χ4v) is 4.12. The predicted octanol–water partition coefficient (Wildman–Crippen LogP) is 4.18. The van der Waals surface area contributed by atoms with Gasteiger partial charge in [-0.2, -0.15) is 5.26 Å². The molecule has 1 aliphatic carbocycles. The lowest BCUT2D eigenvalue weighted by molar-refractivity contribution is 0.414. The number of benzene rings is 1. The number of methoxy groups -OCH3 is 1. The monoisotopic (exact) mass is 333 g/mol. The van der Waals surface area contributed by atoms with E-state index in [1.807, 2.05) is 12.1 Å². The van der Waals surface area contributed by atoms with E-state index in [1.165, 1.54) is 29.7 Å². The number of hydrogen-bond donors (Lipinski definition) is 0. The minimum atomic E-state index is 0.284. The lowest BCUT2D eigenvalue weighted by atomic mass is 9.94. The van der Waals surface area contributed by atoms with Crippen LogP contribution in [0.15, 0.2) is 30.3 Å². The zero-order valence-corrected chi connectivity index (χ0v) is 14.7. The fraction of sp³-hybridized carbons (Fsp3) is 0.429. The van der Waals surface area contributed by atoms with Gasteiger partial charge in [-0.1, -0.05) is 12.1 Å². The quantitative estimate of drug-likeness (QED) is 0.845. The second-order valence-electron chi connectivity index (χ2n) is 6.91. The van der Waals surface area contributed by atoms with E-state index in [-0.39, 0.29) is 6.04 Å². The molecule has 4 heteroatoms. The summed E-state index contributed by atoms with van der Waals surface area (Å²) in [4.78, 5) is 7.28. The summed E-state index contributed by atoms with van der Waals surface area (Å²) in [5.74, 6) is 1.75. The van der Waals surface area contributed by atoms with Gasteiger partial charge < -0.3 is 9.64 Å². The molecule has 25 heavy (non-hydrogen) atoms. The van der Waals surface area contributed by atoms with Gasteiger partial charge in [0.25, 0.3) is 0 Å².